The number of benzene rings is 1. The van der Waals surface area contributed by atoms with Gasteiger partial charge in [0.1, 0.15) is 5.75 Å². The first kappa shape index (κ1) is 17.8. The van der Waals surface area contributed by atoms with Crippen LogP contribution in [0.2, 0.25) is 0 Å². The fourth-order valence-electron chi connectivity index (χ4n) is 4.89. The average Bonchev–Trinajstić information content (AvgIpc) is 2.59. The number of piperidine rings is 1. The highest BCUT2D eigenvalue weighted by Crippen LogP contribution is 2.40. The van der Waals surface area contributed by atoms with Gasteiger partial charge in [-0.1, -0.05) is 58.1 Å². The van der Waals surface area contributed by atoms with Gasteiger partial charge in [-0.2, -0.15) is 0 Å². The van der Waals surface area contributed by atoms with Gasteiger partial charge in [-0.05, 0) is 67.3 Å². The third-order valence-corrected chi connectivity index (χ3v) is 6.88. The minimum Gasteiger partial charge on any atom is -0.508 e. The summed E-state index contributed by atoms with van der Waals surface area (Å²) in [6.07, 6.45) is 11.4. The van der Waals surface area contributed by atoms with Crippen molar-refractivity contribution in [3.05, 3.63) is 29.8 Å². The average molecular weight is 330 g/mol. The molecule has 2 nitrogen and oxygen atoms in total. The zero-order chi connectivity index (χ0) is 17.0. The SMILES string of the molecule is C[C@H]1CN(CCCC2CCCCC2)CC[C@]1(C)c1cccc(O)c1. The molecule has 1 aliphatic carbocycles. The van der Waals surface area contributed by atoms with E-state index in [1.807, 2.05) is 12.1 Å². The molecule has 134 valence electrons. The number of hydrogen-bond donors (Lipinski definition) is 1. The van der Waals surface area contributed by atoms with E-state index in [0.29, 0.717) is 11.7 Å². The minimum atomic E-state index is 0.193. The second kappa shape index (κ2) is 7.91. The van der Waals surface area contributed by atoms with Crippen molar-refractivity contribution >= 4 is 0 Å². The van der Waals surface area contributed by atoms with Gasteiger partial charge >= 0.3 is 0 Å². The monoisotopic (exact) mass is 329 g/mol. The summed E-state index contributed by atoms with van der Waals surface area (Å²) in [7, 11) is 0. The largest absolute Gasteiger partial charge is 0.508 e. The first-order valence-corrected chi connectivity index (χ1v) is 10.1. The van der Waals surface area contributed by atoms with E-state index >= 15 is 0 Å². The van der Waals surface area contributed by atoms with Gasteiger partial charge in [0.15, 0.2) is 0 Å². The summed E-state index contributed by atoms with van der Waals surface area (Å²) in [6.45, 7) is 8.43. The third-order valence-electron chi connectivity index (χ3n) is 6.88. The molecule has 1 aromatic carbocycles. The van der Waals surface area contributed by atoms with Crippen LogP contribution in [0.3, 0.4) is 0 Å². The number of likely N-dealkylation sites (tertiary alicyclic amines) is 1. The number of aromatic hydroxyl groups is 1. The topological polar surface area (TPSA) is 23.5 Å². The van der Waals surface area contributed by atoms with Crippen molar-refractivity contribution < 1.29 is 5.11 Å². The smallest absolute Gasteiger partial charge is 0.115 e. The maximum atomic E-state index is 9.83. The van der Waals surface area contributed by atoms with E-state index in [1.165, 1.54) is 76.6 Å². The molecule has 24 heavy (non-hydrogen) atoms. The van der Waals surface area contributed by atoms with Crippen molar-refractivity contribution in [3.8, 4) is 5.75 Å². The van der Waals surface area contributed by atoms with Gasteiger partial charge in [0.25, 0.3) is 0 Å². The van der Waals surface area contributed by atoms with Crippen molar-refractivity contribution in [2.45, 2.75) is 70.6 Å². The van der Waals surface area contributed by atoms with Crippen molar-refractivity contribution in [2.24, 2.45) is 11.8 Å². The molecule has 2 fully saturated rings. The predicted molar refractivity (Wildman–Crippen MR) is 101 cm³/mol. The van der Waals surface area contributed by atoms with Crippen LogP contribution in [-0.4, -0.2) is 29.6 Å². The van der Waals surface area contributed by atoms with Gasteiger partial charge in [0.05, 0.1) is 0 Å². The lowest BCUT2D eigenvalue weighted by Gasteiger charge is -2.45. The Hall–Kier alpha value is -1.02. The lowest BCUT2D eigenvalue weighted by atomic mass is 9.68. The summed E-state index contributed by atoms with van der Waals surface area (Å²) in [4.78, 5) is 2.68. The molecule has 1 aliphatic heterocycles. The number of rotatable bonds is 5. The molecule has 3 rings (SSSR count). The van der Waals surface area contributed by atoms with Crippen molar-refractivity contribution in [1.82, 2.24) is 4.90 Å². The molecule has 1 saturated carbocycles. The predicted octanol–water partition coefficient (Wildman–Crippen LogP) is 5.35. The van der Waals surface area contributed by atoms with Crippen molar-refractivity contribution in [1.29, 1.82) is 0 Å². The Morgan fingerprint density at radius 2 is 2.00 bits per heavy atom. The summed E-state index contributed by atoms with van der Waals surface area (Å²) >= 11 is 0. The number of nitrogens with zero attached hydrogens (tertiary/aromatic N) is 1. The van der Waals surface area contributed by atoms with Gasteiger partial charge in [-0.25, -0.2) is 0 Å². The summed E-state index contributed by atoms with van der Waals surface area (Å²) in [5.74, 6) is 2.04. The molecule has 2 atom stereocenters. The Kier molecular flexibility index (Phi) is 5.86. The fourth-order valence-corrected chi connectivity index (χ4v) is 4.89. The molecule has 2 aliphatic rings. The maximum absolute atomic E-state index is 9.83. The number of phenols is 1. The quantitative estimate of drug-likeness (QED) is 0.787. The first-order valence-electron chi connectivity index (χ1n) is 10.1. The van der Waals surface area contributed by atoms with Crippen LogP contribution in [0.25, 0.3) is 0 Å². The van der Waals surface area contributed by atoms with E-state index < -0.39 is 0 Å². The Morgan fingerprint density at radius 3 is 2.71 bits per heavy atom. The molecule has 1 N–H and O–H groups in total. The second-order valence-electron chi connectivity index (χ2n) is 8.57. The van der Waals surface area contributed by atoms with E-state index in [0.717, 1.165) is 5.92 Å². The summed E-state index contributed by atoms with van der Waals surface area (Å²) in [6, 6.07) is 7.92. The zero-order valence-electron chi connectivity index (χ0n) is 15.6. The lowest BCUT2D eigenvalue weighted by Crippen LogP contribution is -2.47. The van der Waals surface area contributed by atoms with Crippen LogP contribution in [0.1, 0.15) is 70.8 Å². The van der Waals surface area contributed by atoms with Gasteiger partial charge in [0.2, 0.25) is 0 Å². The molecule has 0 amide bonds. The van der Waals surface area contributed by atoms with E-state index in [4.69, 9.17) is 0 Å². The molecule has 1 saturated heterocycles. The van der Waals surface area contributed by atoms with Crippen LogP contribution in [-0.2, 0) is 5.41 Å². The third kappa shape index (κ3) is 4.14. The molecule has 1 aromatic rings. The van der Waals surface area contributed by atoms with Crippen molar-refractivity contribution in [2.75, 3.05) is 19.6 Å². The Labute approximate surface area is 148 Å². The number of phenolic OH excluding ortho intramolecular Hbond substituents is 1. The highest BCUT2D eigenvalue weighted by molar-refractivity contribution is 5.33. The van der Waals surface area contributed by atoms with Crippen LogP contribution < -0.4 is 0 Å². The van der Waals surface area contributed by atoms with Crippen LogP contribution in [0.5, 0.6) is 5.75 Å². The fraction of sp³-hybridized carbons (Fsp3) is 0.727. The Balaban J connectivity index is 1.49. The van der Waals surface area contributed by atoms with Crippen LogP contribution in [0.4, 0.5) is 0 Å². The molecular weight excluding hydrogens is 294 g/mol. The Morgan fingerprint density at radius 1 is 1.21 bits per heavy atom. The highest BCUT2D eigenvalue weighted by Gasteiger charge is 2.37. The van der Waals surface area contributed by atoms with E-state index in [9.17, 15) is 5.11 Å². The summed E-state index contributed by atoms with van der Waals surface area (Å²) in [5, 5.41) is 9.83. The standard InChI is InChI=1S/C22H35NO/c1-18-17-23(14-7-10-19-8-4-3-5-9-19)15-13-22(18,2)20-11-6-12-21(24)16-20/h6,11-12,16,18-19,24H,3-5,7-10,13-15,17H2,1-2H3/t18-,22-/m0/s1. The molecule has 2 heteroatoms. The first-order chi connectivity index (χ1) is 11.6. The molecule has 0 unspecified atom stereocenters. The van der Waals surface area contributed by atoms with Gasteiger partial charge in [-0.15, -0.1) is 0 Å². The van der Waals surface area contributed by atoms with Crippen molar-refractivity contribution in [3.63, 3.8) is 0 Å². The molecule has 1 heterocycles. The zero-order valence-corrected chi connectivity index (χ0v) is 15.6. The van der Waals surface area contributed by atoms with Crippen LogP contribution >= 0.6 is 0 Å². The van der Waals surface area contributed by atoms with Crippen LogP contribution in [0, 0.1) is 11.8 Å². The van der Waals surface area contributed by atoms with Gasteiger partial charge < -0.3 is 10.0 Å². The minimum absolute atomic E-state index is 0.193. The maximum Gasteiger partial charge on any atom is 0.115 e. The lowest BCUT2D eigenvalue weighted by molar-refractivity contribution is 0.107. The Bertz CT molecular complexity index is 522. The summed E-state index contributed by atoms with van der Waals surface area (Å²) < 4.78 is 0. The second-order valence-corrected chi connectivity index (χ2v) is 8.57. The van der Waals surface area contributed by atoms with Gasteiger partial charge in [0, 0.05) is 6.54 Å². The molecule has 0 bridgehead atoms. The normalized spacial score (nSPS) is 29.7. The molecule has 0 aromatic heterocycles. The summed E-state index contributed by atoms with van der Waals surface area (Å²) in [5.41, 5.74) is 1.50. The molecular formula is C22H35NO. The van der Waals surface area contributed by atoms with Gasteiger partial charge in [-0.3, -0.25) is 0 Å². The van der Waals surface area contributed by atoms with E-state index in [-0.39, 0.29) is 5.41 Å². The molecule has 0 spiro atoms. The van der Waals surface area contributed by atoms with E-state index in [2.05, 4.69) is 24.8 Å². The highest BCUT2D eigenvalue weighted by atomic mass is 16.3. The van der Waals surface area contributed by atoms with E-state index in [1.54, 1.807) is 6.07 Å². The van der Waals surface area contributed by atoms with Crippen LogP contribution in [0.15, 0.2) is 24.3 Å². The number of hydrogen-bond acceptors (Lipinski definition) is 2. The molecule has 0 radical (unpaired) electrons.